The second-order valence-corrected chi connectivity index (χ2v) is 8.29. The molecule has 0 aliphatic carbocycles. The number of nitrogens with zero attached hydrogens (tertiary/aromatic N) is 1. The Morgan fingerprint density at radius 3 is 2.67 bits per heavy atom. The lowest BCUT2D eigenvalue weighted by Gasteiger charge is -2.32. The van der Waals surface area contributed by atoms with E-state index in [2.05, 4.69) is 16.5 Å². The molecule has 1 aliphatic heterocycles. The molecule has 7 heteroatoms. The molecule has 1 saturated heterocycles. The third kappa shape index (κ3) is 4.04. The molecule has 0 aromatic carbocycles. The van der Waals surface area contributed by atoms with Crippen LogP contribution in [0.4, 0.5) is 0 Å². The van der Waals surface area contributed by atoms with E-state index in [4.69, 9.17) is 0 Å². The predicted molar refractivity (Wildman–Crippen MR) is 85.1 cm³/mol. The fourth-order valence-corrected chi connectivity index (χ4v) is 5.53. The fraction of sp³-hybridized carbons (Fsp3) is 0.714. The molecule has 120 valence electrons. The minimum atomic E-state index is -3.55. The number of rotatable bonds is 6. The average molecular weight is 332 g/mol. The smallest absolute Gasteiger partial charge is 0.242 e. The van der Waals surface area contributed by atoms with E-state index < -0.39 is 10.0 Å². The van der Waals surface area contributed by atoms with Crippen molar-refractivity contribution in [2.24, 2.45) is 0 Å². The lowest BCUT2D eigenvalue weighted by Crippen LogP contribution is -2.44. The summed E-state index contributed by atoms with van der Waals surface area (Å²) >= 11 is 1.29. The van der Waals surface area contributed by atoms with Crippen LogP contribution in [-0.2, 0) is 16.6 Å². The number of nitrogens with one attached hydrogen (secondary N) is 1. The molecule has 1 unspecified atom stereocenters. The number of likely N-dealkylation sites (tertiary alicyclic amines) is 1. The predicted octanol–water partition coefficient (Wildman–Crippen LogP) is 1.70. The van der Waals surface area contributed by atoms with Crippen LogP contribution in [0, 0.1) is 6.92 Å². The SMILES string of the molecule is Cc1csc(CO)c1S(=O)(=O)NCC(C)N1CCCCC1. The molecule has 2 N–H and O–H groups in total. The van der Waals surface area contributed by atoms with Gasteiger partial charge in [0.05, 0.1) is 11.5 Å². The summed E-state index contributed by atoms with van der Waals surface area (Å²) in [6, 6.07) is 0.191. The number of piperidine rings is 1. The van der Waals surface area contributed by atoms with Crippen LogP contribution in [0.3, 0.4) is 0 Å². The van der Waals surface area contributed by atoms with Crippen molar-refractivity contribution in [1.29, 1.82) is 0 Å². The van der Waals surface area contributed by atoms with Crippen molar-refractivity contribution in [3.05, 3.63) is 15.8 Å². The maximum absolute atomic E-state index is 12.4. The molecular weight excluding hydrogens is 308 g/mol. The summed E-state index contributed by atoms with van der Waals surface area (Å²) in [4.78, 5) is 3.09. The molecule has 0 bridgehead atoms. The average Bonchev–Trinajstić information content (AvgIpc) is 2.87. The van der Waals surface area contributed by atoms with Crippen molar-refractivity contribution < 1.29 is 13.5 Å². The van der Waals surface area contributed by atoms with Crippen molar-refractivity contribution in [2.45, 2.75) is 50.7 Å². The van der Waals surface area contributed by atoms with Gasteiger partial charge in [0.15, 0.2) is 0 Å². The molecule has 1 fully saturated rings. The topological polar surface area (TPSA) is 69.6 Å². The second kappa shape index (κ2) is 7.19. The molecule has 0 saturated carbocycles. The minimum Gasteiger partial charge on any atom is -0.391 e. The Balaban J connectivity index is 2.02. The number of sulfonamides is 1. The number of aryl methyl sites for hydroxylation is 1. The molecule has 2 heterocycles. The molecule has 1 aromatic rings. The number of thiophene rings is 1. The highest BCUT2D eigenvalue weighted by Crippen LogP contribution is 2.26. The first kappa shape index (κ1) is 16.9. The molecule has 0 spiro atoms. The van der Waals surface area contributed by atoms with Gasteiger partial charge in [-0.1, -0.05) is 6.42 Å². The molecule has 21 heavy (non-hydrogen) atoms. The van der Waals surface area contributed by atoms with E-state index in [1.165, 1.54) is 30.6 Å². The van der Waals surface area contributed by atoms with Crippen molar-refractivity contribution in [2.75, 3.05) is 19.6 Å². The highest BCUT2D eigenvalue weighted by Gasteiger charge is 2.24. The number of hydrogen-bond donors (Lipinski definition) is 2. The van der Waals surface area contributed by atoms with Gasteiger partial charge >= 0.3 is 0 Å². The minimum absolute atomic E-state index is 0.191. The summed E-state index contributed by atoms with van der Waals surface area (Å²) in [5, 5.41) is 11.1. The van der Waals surface area contributed by atoms with Crippen LogP contribution >= 0.6 is 11.3 Å². The Morgan fingerprint density at radius 2 is 2.05 bits per heavy atom. The molecule has 0 radical (unpaired) electrons. The van der Waals surface area contributed by atoms with Gasteiger partial charge in [0, 0.05) is 12.6 Å². The van der Waals surface area contributed by atoms with Crippen molar-refractivity contribution in [3.63, 3.8) is 0 Å². The Hall–Kier alpha value is -0.470. The number of aliphatic hydroxyl groups is 1. The quantitative estimate of drug-likeness (QED) is 0.832. The maximum atomic E-state index is 12.4. The molecule has 1 aliphatic rings. The van der Waals surface area contributed by atoms with Crippen molar-refractivity contribution in [1.82, 2.24) is 9.62 Å². The van der Waals surface area contributed by atoms with E-state index in [9.17, 15) is 13.5 Å². The van der Waals surface area contributed by atoms with Crippen LogP contribution in [0.25, 0.3) is 0 Å². The first-order valence-corrected chi connectivity index (χ1v) is 9.73. The van der Waals surface area contributed by atoms with Gasteiger partial charge in [-0.15, -0.1) is 11.3 Å². The Kier molecular flexibility index (Phi) is 5.79. The Morgan fingerprint density at radius 1 is 1.38 bits per heavy atom. The van der Waals surface area contributed by atoms with Gasteiger partial charge in [0.25, 0.3) is 0 Å². The van der Waals surface area contributed by atoms with Gasteiger partial charge in [0.1, 0.15) is 4.90 Å². The van der Waals surface area contributed by atoms with Crippen LogP contribution in [0.1, 0.15) is 36.6 Å². The summed E-state index contributed by atoms with van der Waals surface area (Å²) < 4.78 is 27.6. The summed E-state index contributed by atoms with van der Waals surface area (Å²) in [6.07, 6.45) is 3.65. The first-order chi connectivity index (χ1) is 9.95. The third-order valence-electron chi connectivity index (χ3n) is 3.98. The number of hydrogen-bond acceptors (Lipinski definition) is 5. The normalized spacial score (nSPS) is 18.8. The summed E-state index contributed by atoms with van der Waals surface area (Å²) in [5.74, 6) is 0. The Bertz CT molecular complexity index is 563. The van der Waals surface area contributed by atoms with E-state index in [1.807, 2.05) is 0 Å². The fourth-order valence-electron chi connectivity index (χ4n) is 2.75. The van der Waals surface area contributed by atoms with Crippen molar-refractivity contribution in [3.8, 4) is 0 Å². The summed E-state index contributed by atoms with van der Waals surface area (Å²) in [5.41, 5.74) is 0.696. The highest BCUT2D eigenvalue weighted by molar-refractivity contribution is 7.89. The van der Waals surface area contributed by atoms with Gasteiger partial charge in [0.2, 0.25) is 10.0 Å². The summed E-state index contributed by atoms with van der Waals surface area (Å²) in [6.45, 7) is 6.07. The molecule has 1 aromatic heterocycles. The molecule has 5 nitrogen and oxygen atoms in total. The monoisotopic (exact) mass is 332 g/mol. The molecule has 1 atom stereocenters. The van der Waals surface area contributed by atoms with E-state index >= 15 is 0 Å². The van der Waals surface area contributed by atoms with E-state index in [0.29, 0.717) is 17.0 Å². The lowest BCUT2D eigenvalue weighted by molar-refractivity contribution is 0.175. The van der Waals surface area contributed by atoms with Gasteiger partial charge in [-0.25, -0.2) is 13.1 Å². The maximum Gasteiger partial charge on any atom is 0.242 e. The van der Waals surface area contributed by atoms with E-state index in [0.717, 1.165) is 13.1 Å². The van der Waals surface area contributed by atoms with Crippen LogP contribution in [0.15, 0.2) is 10.3 Å². The van der Waals surface area contributed by atoms with Crippen LogP contribution in [0.2, 0.25) is 0 Å². The third-order valence-corrected chi connectivity index (χ3v) is 6.86. The van der Waals surface area contributed by atoms with Crippen LogP contribution in [-0.4, -0.2) is 44.1 Å². The lowest BCUT2D eigenvalue weighted by atomic mass is 10.1. The highest BCUT2D eigenvalue weighted by atomic mass is 32.2. The van der Waals surface area contributed by atoms with Crippen LogP contribution in [0.5, 0.6) is 0 Å². The molecular formula is C14H24N2O3S2. The van der Waals surface area contributed by atoms with E-state index in [1.54, 1.807) is 12.3 Å². The zero-order valence-electron chi connectivity index (χ0n) is 12.6. The van der Waals surface area contributed by atoms with Gasteiger partial charge in [-0.05, 0) is 50.7 Å². The zero-order valence-corrected chi connectivity index (χ0v) is 14.3. The standard InChI is InChI=1S/C14H24N2O3S2/c1-11-10-20-13(9-17)14(11)21(18,19)15-8-12(2)16-6-4-3-5-7-16/h10,12,15,17H,3-9H2,1-2H3. The molecule has 0 amide bonds. The first-order valence-electron chi connectivity index (χ1n) is 7.37. The van der Waals surface area contributed by atoms with Gasteiger partial charge in [-0.3, -0.25) is 4.90 Å². The second-order valence-electron chi connectivity index (χ2n) is 5.63. The number of aliphatic hydroxyl groups excluding tert-OH is 1. The van der Waals surface area contributed by atoms with Crippen LogP contribution < -0.4 is 4.72 Å². The van der Waals surface area contributed by atoms with E-state index in [-0.39, 0.29) is 17.5 Å². The molecule has 2 rings (SSSR count). The Labute approximate surface area is 131 Å². The zero-order chi connectivity index (χ0) is 15.5. The van der Waals surface area contributed by atoms with Crippen molar-refractivity contribution >= 4 is 21.4 Å². The summed E-state index contributed by atoms with van der Waals surface area (Å²) in [7, 11) is -3.55. The largest absolute Gasteiger partial charge is 0.391 e. The van der Waals surface area contributed by atoms with Gasteiger partial charge in [-0.2, -0.15) is 0 Å². The van der Waals surface area contributed by atoms with Gasteiger partial charge < -0.3 is 5.11 Å².